The summed E-state index contributed by atoms with van der Waals surface area (Å²) in [7, 11) is 1.85. The first-order chi connectivity index (χ1) is 4.72. The Morgan fingerprint density at radius 2 is 2.10 bits per heavy atom. The third-order valence-corrected chi connectivity index (χ3v) is 1.49. The summed E-state index contributed by atoms with van der Waals surface area (Å²) >= 11 is 4.16. The zero-order valence-electron chi connectivity index (χ0n) is 5.76. The Bertz CT molecular complexity index is 215. The van der Waals surface area contributed by atoms with Crippen molar-refractivity contribution in [1.82, 2.24) is 0 Å². The predicted octanol–water partition coefficient (Wildman–Crippen LogP) is 1.60. The predicted molar refractivity (Wildman–Crippen MR) is 47.7 cm³/mol. The van der Waals surface area contributed by atoms with Gasteiger partial charge in [-0.2, -0.15) is 0 Å². The summed E-state index contributed by atoms with van der Waals surface area (Å²) in [6.45, 7) is 0. The monoisotopic (exact) mass is 154 g/mol. The van der Waals surface area contributed by atoms with Crippen molar-refractivity contribution in [2.75, 3.05) is 18.1 Å². The molecule has 0 fully saturated rings. The molecule has 0 bridgehead atoms. The summed E-state index contributed by atoms with van der Waals surface area (Å²) in [5.74, 6) is 0. The van der Waals surface area contributed by atoms with Crippen LogP contribution in [0.4, 0.5) is 11.4 Å². The fourth-order valence-corrected chi connectivity index (χ4v) is 1.07. The van der Waals surface area contributed by atoms with E-state index in [9.17, 15) is 0 Å². The Kier molecular flexibility index (Phi) is 2.06. The molecule has 1 aromatic rings. The minimum absolute atomic E-state index is 0.733. The Balaban J connectivity index is 3.06. The van der Waals surface area contributed by atoms with Crippen LogP contribution in [0.1, 0.15) is 0 Å². The molecule has 10 heavy (non-hydrogen) atoms. The third-order valence-electron chi connectivity index (χ3n) is 1.23. The van der Waals surface area contributed by atoms with Gasteiger partial charge in [-0.15, -0.1) is 12.6 Å². The highest BCUT2D eigenvalue weighted by Gasteiger charge is 1.91. The molecule has 3 N–H and O–H groups in total. The Morgan fingerprint density at radius 3 is 2.60 bits per heavy atom. The standard InChI is InChI=1S/C7H10N2S/c1-9-6-2-5(8)3-7(10)4-6/h2-4,9-10H,8H2,1H3. The van der Waals surface area contributed by atoms with E-state index in [0.29, 0.717) is 0 Å². The Labute approximate surface area is 65.8 Å². The van der Waals surface area contributed by atoms with Crippen molar-refractivity contribution in [3.05, 3.63) is 18.2 Å². The molecule has 0 atom stereocenters. The molecule has 1 aromatic carbocycles. The summed E-state index contributed by atoms with van der Waals surface area (Å²) in [5, 5.41) is 2.98. The molecule has 3 heteroatoms. The average Bonchev–Trinajstić information content (AvgIpc) is 1.85. The van der Waals surface area contributed by atoms with Gasteiger partial charge >= 0.3 is 0 Å². The van der Waals surface area contributed by atoms with Gasteiger partial charge in [0.2, 0.25) is 0 Å². The van der Waals surface area contributed by atoms with Gasteiger partial charge in [-0.3, -0.25) is 0 Å². The lowest BCUT2D eigenvalue weighted by molar-refractivity contribution is 1.42. The molecule has 0 aliphatic heterocycles. The minimum Gasteiger partial charge on any atom is -0.399 e. The first-order valence-corrected chi connectivity index (χ1v) is 3.44. The highest BCUT2D eigenvalue weighted by Crippen LogP contribution is 2.18. The van der Waals surface area contributed by atoms with Crippen LogP contribution in [0.2, 0.25) is 0 Å². The van der Waals surface area contributed by atoms with E-state index in [1.54, 1.807) is 0 Å². The smallest absolute Gasteiger partial charge is 0.0369 e. The lowest BCUT2D eigenvalue weighted by Gasteiger charge is -2.01. The largest absolute Gasteiger partial charge is 0.399 e. The fraction of sp³-hybridized carbons (Fsp3) is 0.143. The number of benzene rings is 1. The van der Waals surface area contributed by atoms with Gasteiger partial charge in [0.15, 0.2) is 0 Å². The highest BCUT2D eigenvalue weighted by molar-refractivity contribution is 7.80. The number of hydrogen-bond donors (Lipinski definition) is 3. The third kappa shape index (κ3) is 1.57. The molecule has 0 aliphatic rings. The molecule has 1 rings (SSSR count). The van der Waals surface area contributed by atoms with E-state index in [0.717, 1.165) is 16.3 Å². The van der Waals surface area contributed by atoms with Gasteiger partial charge in [0.25, 0.3) is 0 Å². The quantitative estimate of drug-likeness (QED) is 0.424. The fourth-order valence-electron chi connectivity index (χ4n) is 0.779. The van der Waals surface area contributed by atoms with Crippen molar-refractivity contribution in [2.24, 2.45) is 0 Å². The molecule has 2 nitrogen and oxygen atoms in total. The highest BCUT2D eigenvalue weighted by atomic mass is 32.1. The van der Waals surface area contributed by atoms with E-state index in [1.807, 2.05) is 25.2 Å². The molecule has 0 saturated carbocycles. The molecule has 0 aromatic heterocycles. The molecular weight excluding hydrogens is 144 g/mol. The lowest BCUT2D eigenvalue weighted by Crippen LogP contribution is -1.90. The van der Waals surface area contributed by atoms with Crippen molar-refractivity contribution < 1.29 is 0 Å². The topological polar surface area (TPSA) is 38.0 Å². The second-order valence-corrected chi connectivity index (χ2v) is 2.58. The molecule has 0 saturated heterocycles. The first-order valence-electron chi connectivity index (χ1n) is 2.99. The zero-order valence-corrected chi connectivity index (χ0v) is 6.65. The lowest BCUT2D eigenvalue weighted by atomic mass is 10.3. The van der Waals surface area contributed by atoms with E-state index in [2.05, 4.69) is 17.9 Å². The van der Waals surface area contributed by atoms with Crippen LogP contribution >= 0.6 is 12.6 Å². The van der Waals surface area contributed by atoms with E-state index < -0.39 is 0 Å². The van der Waals surface area contributed by atoms with Gasteiger partial charge in [0, 0.05) is 23.3 Å². The van der Waals surface area contributed by atoms with Crippen LogP contribution in [-0.2, 0) is 0 Å². The second kappa shape index (κ2) is 2.84. The number of anilines is 2. The van der Waals surface area contributed by atoms with Gasteiger partial charge in [-0.05, 0) is 18.2 Å². The maximum atomic E-state index is 5.55. The number of nitrogens with two attached hydrogens (primary N) is 1. The molecule has 0 amide bonds. The number of nitrogen functional groups attached to an aromatic ring is 1. The number of thiol groups is 1. The van der Waals surface area contributed by atoms with Gasteiger partial charge in [-0.1, -0.05) is 0 Å². The molecule has 0 unspecified atom stereocenters. The maximum Gasteiger partial charge on any atom is 0.0369 e. The van der Waals surface area contributed by atoms with Gasteiger partial charge < -0.3 is 11.1 Å². The number of hydrogen-bond acceptors (Lipinski definition) is 3. The van der Waals surface area contributed by atoms with Gasteiger partial charge in [-0.25, -0.2) is 0 Å². The summed E-state index contributed by atoms with van der Waals surface area (Å²) in [4.78, 5) is 0.879. The molecule has 54 valence electrons. The number of rotatable bonds is 1. The van der Waals surface area contributed by atoms with E-state index in [4.69, 9.17) is 5.73 Å². The molecule has 0 radical (unpaired) electrons. The van der Waals surface area contributed by atoms with Gasteiger partial charge in [0.1, 0.15) is 0 Å². The maximum absolute atomic E-state index is 5.55. The van der Waals surface area contributed by atoms with E-state index >= 15 is 0 Å². The van der Waals surface area contributed by atoms with Crippen molar-refractivity contribution in [2.45, 2.75) is 4.90 Å². The van der Waals surface area contributed by atoms with Crippen LogP contribution in [0, 0.1) is 0 Å². The molecule has 0 spiro atoms. The summed E-state index contributed by atoms with van der Waals surface area (Å²) in [5.41, 5.74) is 7.27. The van der Waals surface area contributed by atoms with Crippen molar-refractivity contribution in [3.8, 4) is 0 Å². The van der Waals surface area contributed by atoms with Gasteiger partial charge in [0.05, 0.1) is 0 Å². The summed E-state index contributed by atoms with van der Waals surface area (Å²) < 4.78 is 0. The second-order valence-electron chi connectivity index (χ2n) is 2.06. The zero-order chi connectivity index (χ0) is 7.56. The van der Waals surface area contributed by atoms with Crippen LogP contribution in [-0.4, -0.2) is 7.05 Å². The van der Waals surface area contributed by atoms with Crippen molar-refractivity contribution in [1.29, 1.82) is 0 Å². The summed E-state index contributed by atoms with van der Waals surface area (Å²) in [6, 6.07) is 5.59. The average molecular weight is 154 g/mol. The van der Waals surface area contributed by atoms with Crippen LogP contribution in [0.3, 0.4) is 0 Å². The van der Waals surface area contributed by atoms with Crippen LogP contribution in [0.5, 0.6) is 0 Å². The van der Waals surface area contributed by atoms with Crippen molar-refractivity contribution in [3.63, 3.8) is 0 Å². The minimum atomic E-state index is 0.733. The first kappa shape index (κ1) is 7.28. The van der Waals surface area contributed by atoms with Crippen molar-refractivity contribution >= 4 is 24.0 Å². The molecule has 0 aliphatic carbocycles. The van der Waals surface area contributed by atoms with E-state index in [1.165, 1.54) is 0 Å². The van der Waals surface area contributed by atoms with Crippen LogP contribution in [0.15, 0.2) is 23.1 Å². The molecular formula is C7H10N2S. The Hall–Kier alpha value is -0.830. The Morgan fingerprint density at radius 1 is 1.40 bits per heavy atom. The summed E-state index contributed by atoms with van der Waals surface area (Å²) in [6.07, 6.45) is 0. The van der Waals surface area contributed by atoms with Crippen LogP contribution in [0.25, 0.3) is 0 Å². The van der Waals surface area contributed by atoms with Crippen LogP contribution < -0.4 is 11.1 Å². The molecule has 0 heterocycles. The normalized spacial score (nSPS) is 9.40. The van der Waals surface area contributed by atoms with E-state index in [-0.39, 0.29) is 0 Å². The SMILES string of the molecule is CNc1cc(N)cc(S)c1. The number of nitrogens with one attached hydrogen (secondary N) is 1.